The summed E-state index contributed by atoms with van der Waals surface area (Å²) in [6.07, 6.45) is -5.21. The molecular formula is C15H13F3N4O2. The number of aryl methyl sites for hydroxylation is 1. The highest BCUT2D eigenvalue weighted by Crippen LogP contribution is 2.21. The van der Waals surface area contributed by atoms with Crippen molar-refractivity contribution in [3.63, 3.8) is 0 Å². The Labute approximate surface area is 133 Å². The number of hydrogen-bond acceptors (Lipinski definition) is 4. The molecular weight excluding hydrogens is 325 g/mol. The molecule has 6 nitrogen and oxygen atoms in total. The van der Waals surface area contributed by atoms with E-state index in [4.69, 9.17) is 5.11 Å². The molecule has 24 heavy (non-hydrogen) atoms. The molecule has 0 fully saturated rings. The number of benzene rings is 1. The number of aliphatic hydroxyl groups is 1. The van der Waals surface area contributed by atoms with E-state index >= 15 is 0 Å². The van der Waals surface area contributed by atoms with E-state index in [9.17, 15) is 18.0 Å². The second-order valence-electron chi connectivity index (χ2n) is 5.39. The van der Waals surface area contributed by atoms with E-state index in [1.807, 2.05) is 19.1 Å². The summed E-state index contributed by atoms with van der Waals surface area (Å²) in [5.74, 6) is 0. The normalized spacial score (nSPS) is 13.4. The van der Waals surface area contributed by atoms with E-state index in [1.54, 1.807) is 12.1 Å². The van der Waals surface area contributed by atoms with Gasteiger partial charge in [-0.25, -0.2) is 9.67 Å². The lowest BCUT2D eigenvalue weighted by atomic mass is 10.2. The van der Waals surface area contributed by atoms with Crippen LogP contribution in [-0.4, -0.2) is 36.7 Å². The van der Waals surface area contributed by atoms with E-state index in [0.29, 0.717) is 5.69 Å². The van der Waals surface area contributed by atoms with Crippen molar-refractivity contribution in [1.82, 2.24) is 19.3 Å². The lowest BCUT2D eigenvalue weighted by Gasteiger charge is -2.15. The standard InChI is InChI=1S/C15H13F3N4O2/c1-9-2-4-10(5-3-9)22-13-11(6-20-22)14(24)21(8-19-13)7-12(23)15(16,17)18/h2-6,8,12,23H,7H2,1H3/t12-/m1/s1. The van der Waals surface area contributed by atoms with Crippen LogP contribution in [-0.2, 0) is 6.54 Å². The fourth-order valence-electron chi connectivity index (χ4n) is 2.24. The molecule has 0 saturated carbocycles. The van der Waals surface area contributed by atoms with Gasteiger partial charge in [-0.2, -0.15) is 18.3 Å². The van der Waals surface area contributed by atoms with Crippen LogP contribution in [0.15, 0.2) is 41.6 Å². The van der Waals surface area contributed by atoms with Crippen LogP contribution in [0.5, 0.6) is 0 Å². The highest BCUT2D eigenvalue weighted by molar-refractivity contribution is 5.74. The summed E-state index contributed by atoms with van der Waals surface area (Å²) in [5, 5.41) is 13.3. The summed E-state index contributed by atoms with van der Waals surface area (Å²) in [6.45, 7) is 1.01. The minimum Gasteiger partial charge on any atom is -0.382 e. The molecule has 1 atom stereocenters. The van der Waals surface area contributed by atoms with E-state index in [1.165, 1.54) is 10.9 Å². The molecule has 9 heteroatoms. The Balaban J connectivity index is 2.03. The summed E-state index contributed by atoms with van der Waals surface area (Å²) >= 11 is 0. The van der Waals surface area contributed by atoms with Crippen LogP contribution in [0.2, 0.25) is 0 Å². The summed E-state index contributed by atoms with van der Waals surface area (Å²) in [5.41, 5.74) is 1.27. The first-order chi connectivity index (χ1) is 11.3. The minimum absolute atomic E-state index is 0.0763. The Morgan fingerprint density at radius 1 is 1.25 bits per heavy atom. The number of fused-ring (bicyclic) bond motifs is 1. The van der Waals surface area contributed by atoms with Crippen molar-refractivity contribution in [3.05, 3.63) is 52.7 Å². The van der Waals surface area contributed by atoms with E-state index in [0.717, 1.165) is 16.5 Å². The van der Waals surface area contributed by atoms with E-state index < -0.39 is 24.4 Å². The van der Waals surface area contributed by atoms with Gasteiger partial charge in [0, 0.05) is 0 Å². The Hall–Kier alpha value is -2.68. The zero-order chi connectivity index (χ0) is 17.5. The lowest BCUT2D eigenvalue weighted by molar-refractivity contribution is -0.207. The van der Waals surface area contributed by atoms with Crippen LogP contribution in [0.4, 0.5) is 13.2 Å². The predicted octanol–water partition coefficient (Wildman–Crippen LogP) is 1.81. The summed E-state index contributed by atoms with van der Waals surface area (Å²) in [6, 6.07) is 7.32. The molecule has 1 aromatic carbocycles. The van der Waals surface area contributed by atoms with Gasteiger partial charge in [0.05, 0.1) is 18.4 Å². The van der Waals surface area contributed by atoms with Gasteiger partial charge in [0.15, 0.2) is 11.8 Å². The van der Waals surface area contributed by atoms with Crippen LogP contribution in [0, 0.1) is 6.92 Å². The van der Waals surface area contributed by atoms with Crippen LogP contribution in [0.1, 0.15) is 5.56 Å². The van der Waals surface area contributed by atoms with Gasteiger partial charge in [-0.3, -0.25) is 9.36 Å². The number of halogens is 3. The third kappa shape index (κ3) is 2.90. The average molecular weight is 338 g/mol. The molecule has 1 N–H and O–H groups in total. The van der Waals surface area contributed by atoms with E-state index in [-0.39, 0.29) is 11.0 Å². The van der Waals surface area contributed by atoms with Crippen molar-refractivity contribution < 1.29 is 18.3 Å². The molecule has 126 valence electrons. The van der Waals surface area contributed by atoms with Crippen molar-refractivity contribution in [2.24, 2.45) is 0 Å². The summed E-state index contributed by atoms with van der Waals surface area (Å²) in [7, 11) is 0. The average Bonchev–Trinajstić information content (AvgIpc) is 2.94. The van der Waals surface area contributed by atoms with Crippen molar-refractivity contribution in [1.29, 1.82) is 0 Å². The molecule has 0 unspecified atom stereocenters. The van der Waals surface area contributed by atoms with Crippen molar-refractivity contribution >= 4 is 11.0 Å². The molecule has 0 saturated heterocycles. The first-order valence-electron chi connectivity index (χ1n) is 7.02. The first-order valence-corrected chi connectivity index (χ1v) is 7.02. The van der Waals surface area contributed by atoms with Gasteiger partial charge in [0.2, 0.25) is 0 Å². The fourth-order valence-corrected chi connectivity index (χ4v) is 2.24. The number of aromatic nitrogens is 4. The maximum Gasteiger partial charge on any atom is 0.416 e. The highest BCUT2D eigenvalue weighted by atomic mass is 19.4. The molecule has 2 heterocycles. The Kier molecular flexibility index (Phi) is 3.88. The van der Waals surface area contributed by atoms with Crippen LogP contribution in [0.3, 0.4) is 0 Å². The quantitative estimate of drug-likeness (QED) is 0.791. The smallest absolute Gasteiger partial charge is 0.382 e. The SMILES string of the molecule is Cc1ccc(-n2ncc3c(=O)n(C[C@@H](O)C(F)(F)F)cnc32)cc1. The van der Waals surface area contributed by atoms with Crippen molar-refractivity contribution in [3.8, 4) is 5.69 Å². The molecule has 3 rings (SSSR count). The van der Waals surface area contributed by atoms with Crippen LogP contribution >= 0.6 is 0 Å². The van der Waals surface area contributed by atoms with Gasteiger partial charge in [0.25, 0.3) is 5.56 Å². The van der Waals surface area contributed by atoms with Crippen molar-refractivity contribution in [2.45, 2.75) is 25.7 Å². The van der Waals surface area contributed by atoms with Crippen molar-refractivity contribution in [2.75, 3.05) is 0 Å². The first kappa shape index (κ1) is 16.2. The Bertz CT molecular complexity index is 929. The highest BCUT2D eigenvalue weighted by Gasteiger charge is 2.38. The van der Waals surface area contributed by atoms with Gasteiger partial charge < -0.3 is 5.11 Å². The molecule has 0 aliphatic carbocycles. The molecule has 0 spiro atoms. The third-order valence-corrected chi connectivity index (χ3v) is 3.58. The predicted molar refractivity (Wildman–Crippen MR) is 79.9 cm³/mol. The van der Waals surface area contributed by atoms with Crippen LogP contribution < -0.4 is 5.56 Å². The molecule has 2 aromatic heterocycles. The second-order valence-corrected chi connectivity index (χ2v) is 5.39. The molecule has 0 aliphatic rings. The number of aliphatic hydroxyl groups excluding tert-OH is 1. The van der Waals surface area contributed by atoms with Gasteiger partial charge in [0.1, 0.15) is 11.7 Å². The maximum absolute atomic E-state index is 12.4. The number of rotatable bonds is 3. The molecule has 0 bridgehead atoms. The summed E-state index contributed by atoms with van der Waals surface area (Å²) < 4.78 is 39.5. The Morgan fingerprint density at radius 2 is 1.92 bits per heavy atom. The van der Waals surface area contributed by atoms with Gasteiger partial charge in [-0.15, -0.1) is 0 Å². The van der Waals surface area contributed by atoms with E-state index in [2.05, 4.69) is 10.1 Å². The maximum atomic E-state index is 12.4. The number of hydrogen-bond donors (Lipinski definition) is 1. The molecule has 3 aromatic rings. The van der Waals surface area contributed by atoms with Gasteiger partial charge in [-0.1, -0.05) is 17.7 Å². The van der Waals surface area contributed by atoms with Gasteiger partial charge in [-0.05, 0) is 19.1 Å². The lowest BCUT2D eigenvalue weighted by Crippen LogP contribution is -2.36. The monoisotopic (exact) mass is 338 g/mol. The third-order valence-electron chi connectivity index (χ3n) is 3.58. The number of alkyl halides is 3. The van der Waals surface area contributed by atoms with Crippen LogP contribution in [0.25, 0.3) is 16.7 Å². The largest absolute Gasteiger partial charge is 0.416 e. The molecule has 0 aliphatic heterocycles. The zero-order valence-electron chi connectivity index (χ0n) is 12.5. The fraction of sp³-hybridized carbons (Fsp3) is 0.267. The van der Waals surface area contributed by atoms with Gasteiger partial charge >= 0.3 is 6.18 Å². The second kappa shape index (κ2) is 5.75. The molecule has 0 radical (unpaired) electrons. The molecule has 0 amide bonds. The summed E-state index contributed by atoms with van der Waals surface area (Å²) in [4.78, 5) is 16.3. The number of nitrogens with zero attached hydrogens (tertiary/aromatic N) is 4. The minimum atomic E-state index is -4.81. The Morgan fingerprint density at radius 3 is 2.54 bits per heavy atom. The zero-order valence-corrected chi connectivity index (χ0v) is 12.5. The topological polar surface area (TPSA) is 72.9 Å².